The van der Waals surface area contributed by atoms with Crippen LogP contribution in [0, 0.1) is 0 Å². The summed E-state index contributed by atoms with van der Waals surface area (Å²) >= 11 is 0. The lowest BCUT2D eigenvalue weighted by Gasteiger charge is -2.18. The molecule has 37 heavy (non-hydrogen) atoms. The monoisotopic (exact) mass is 488 g/mol. The second-order valence-electron chi connectivity index (χ2n) is 8.32. The summed E-state index contributed by atoms with van der Waals surface area (Å²) in [6, 6.07) is -5.16. The van der Waals surface area contributed by atoms with Crippen LogP contribution in [0.3, 0.4) is 0 Å². The van der Waals surface area contributed by atoms with Crippen molar-refractivity contribution in [3.63, 3.8) is 0 Å². The van der Waals surface area contributed by atoms with Crippen molar-refractivity contribution in [2.75, 3.05) is 0 Å². The van der Waals surface area contributed by atoms with Crippen LogP contribution in [0.15, 0.2) is 137 Å². The zero-order valence-corrected chi connectivity index (χ0v) is 18.7. The van der Waals surface area contributed by atoms with Gasteiger partial charge < -0.3 is 4.42 Å². The summed E-state index contributed by atoms with van der Waals surface area (Å²) in [5.41, 5.74) is -1.33. The van der Waals surface area contributed by atoms with Crippen molar-refractivity contribution in [1.29, 1.82) is 0 Å². The van der Waals surface area contributed by atoms with Crippen molar-refractivity contribution in [1.82, 2.24) is 0 Å². The Morgan fingerprint density at radius 2 is 1.03 bits per heavy atom. The lowest BCUT2D eigenvalue weighted by Crippen LogP contribution is -1.91. The Kier molecular flexibility index (Phi) is 2.01. The molecule has 0 saturated carbocycles. The lowest BCUT2D eigenvalue weighted by atomic mass is 9.84. The molecule has 0 fully saturated rings. The number of hydrogen-bond donors (Lipinski definition) is 0. The van der Waals surface area contributed by atoms with Crippen molar-refractivity contribution >= 4 is 54.3 Å². The fourth-order valence-electron chi connectivity index (χ4n) is 4.85. The van der Waals surface area contributed by atoms with E-state index in [1.54, 1.807) is 0 Å². The van der Waals surface area contributed by atoms with E-state index in [1.807, 2.05) is 0 Å². The van der Waals surface area contributed by atoms with Gasteiger partial charge in [-0.15, -0.1) is 0 Å². The van der Waals surface area contributed by atoms with Gasteiger partial charge in [-0.2, -0.15) is 0 Å². The van der Waals surface area contributed by atoms with E-state index in [0.29, 0.717) is 0 Å². The third-order valence-electron chi connectivity index (χ3n) is 6.39. The summed E-state index contributed by atoms with van der Waals surface area (Å²) in [6.07, 6.45) is 0. The topological polar surface area (TPSA) is 13.1 Å². The molecule has 0 saturated heterocycles. The van der Waals surface area contributed by atoms with Crippen LogP contribution in [-0.4, -0.2) is 0 Å². The molecule has 0 aliphatic carbocycles. The van der Waals surface area contributed by atoms with Crippen LogP contribution in [0.25, 0.3) is 76.5 Å². The molecule has 0 atom stereocenters. The smallest absolute Gasteiger partial charge is 0.135 e. The molecule has 1 heteroatoms. The third kappa shape index (κ3) is 2.98. The van der Waals surface area contributed by atoms with Crippen LogP contribution in [0.2, 0.25) is 0 Å². The summed E-state index contributed by atoms with van der Waals surface area (Å²) in [4.78, 5) is 0. The Hall–Kier alpha value is -4.88. The lowest BCUT2D eigenvalue weighted by molar-refractivity contribution is 0.669. The zero-order valence-electron chi connectivity index (χ0n) is 36.7. The summed E-state index contributed by atoms with van der Waals surface area (Å²) in [6.45, 7) is 0. The van der Waals surface area contributed by atoms with Crippen molar-refractivity contribution in [2.24, 2.45) is 0 Å². The number of benzene rings is 7. The molecule has 0 aliphatic heterocycles. The average molecular weight is 489 g/mol. The first kappa shape index (κ1) is 9.53. The zero-order chi connectivity index (χ0) is 40.0. The highest BCUT2D eigenvalue weighted by Crippen LogP contribution is 2.45. The number of hydrogen-bond acceptors (Lipinski definition) is 1. The van der Waals surface area contributed by atoms with Crippen molar-refractivity contribution in [2.45, 2.75) is 0 Å². The minimum Gasteiger partial charge on any atom is -0.456 e. The maximum absolute atomic E-state index is 9.51. The van der Waals surface area contributed by atoms with Crippen LogP contribution in [0.5, 0.6) is 0 Å². The second-order valence-corrected chi connectivity index (χ2v) is 8.32. The quantitative estimate of drug-likeness (QED) is 0.221. The molecule has 1 heterocycles. The van der Waals surface area contributed by atoms with E-state index in [1.165, 1.54) is 24.3 Å². The number of rotatable bonds is 2. The van der Waals surface area contributed by atoms with Gasteiger partial charge in [0.2, 0.25) is 0 Å². The molecule has 8 aromatic rings. The summed E-state index contributed by atoms with van der Waals surface area (Å²) in [5.74, 6) is 0. The predicted octanol–water partition coefficient (Wildman–Crippen LogP) is 10.4. The van der Waals surface area contributed by atoms with Crippen LogP contribution < -0.4 is 0 Å². The molecule has 0 radical (unpaired) electrons. The third-order valence-corrected chi connectivity index (χ3v) is 6.39. The van der Waals surface area contributed by atoms with E-state index < -0.39 is 84.6 Å². The maximum Gasteiger partial charge on any atom is 0.135 e. The average Bonchev–Trinajstić information content (AvgIpc) is 3.56. The van der Waals surface area contributed by atoms with E-state index >= 15 is 0 Å². The molecule has 1 nitrogen and oxygen atoms in total. The molecule has 0 aliphatic rings. The minimum absolute atomic E-state index is 0.0179. The van der Waals surface area contributed by atoms with Crippen LogP contribution in [0.1, 0.15) is 24.7 Å². The molecule has 0 amide bonds. The Balaban J connectivity index is 1.69. The molecule has 8 rings (SSSR count). The van der Waals surface area contributed by atoms with Gasteiger partial charge in [0.05, 0.1) is 24.7 Å². The molecule has 0 bridgehead atoms. The summed E-state index contributed by atoms with van der Waals surface area (Å²) in [7, 11) is 0. The van der Waals surface area contributed by atoms with Crippen LogP contribution in [0.4, 0.5) is 0 Å². The van der Waals surface area contributed by atoms with Crippen molar-refractivity contribution < 1.29 is 29.1 Å². The SMILES string of the molecule is [2H]c1cc2c(-c3c([2H])c([2H])c4oc5c([2H])c([2H])c([2H])c([2H])c5c4c3[2H])c3cc([2H])c([2H])cc3c(-c3c([2H])c([2H])c([2H])c4c([2H])c([2H])c([2H])c([2H])c34)c2cc1[2H]. The highest BCUT2D eigenvalue weighted by Gasteiger charge is 2.18. The Morgan fingerprint density at radius 1 is 0.432 bits per heavy atom. The van der Waals surface area contributed by atoms with Gasteiger partial charge in [-0.05, 0) is 72.7 Å². The predicted molar refractivity (Wildman–Crippen MR) is 157 cm³/mol. The van der Waals surface area contributed by atoms with E-state index in [4.69, 9.17) is 26.3 Å². The largest absolute Gasteiger partial charge is 0.456 e. The standard InChI is InChI=1S/C36H22O/c1-2-12-25-23(10-1)11-9-18-27(25)36-30-16-5-3-14-28(30)35(29-15-4-6-17-31(29)36)24-20-21-34-32(22-24)26-13-7-8-19-33(26)37-34/h1-22H/i1D,2D,3D,4D,5D,6D,7D,8D,9D,10D,11D,12D,13D,18D,19D,20D,21D,22D. The fourth-order valence-corrected chi connectivity index (χ4v) is 4.85. The maximum atomic E-state index is 9.51. The first-order chi connectivity index (χ1) is 25.8. The van der Waals surface area contributed by atoms with Gasteiger partial charge in [-0.1, -0.05) is 115 Å². The van der Waals surface area contributed by atoms with Gasteiger partial charge in [0.1, 0.15) is 11.2 Å². The normalized spacial score (nSPS) is 18.6. The molecular formula is C36H22O. The highest BCUT2D eigenvalue weighted by atomic mass is 16.3. The van der Waals surface area contributed by atoms with Gasteiger partial charge in [0.25, 0.3) is 0 Å². The Bertz CT molecular complexity index is 3050. The van der Waals surface area contributed by atoms with Gasteiger partial charge in [-0.3, -0.25) is 0 Å². The Morgan fingerprint density at radius 3 is 1.78 bits per heavy atom. The Labute approximate surface area is 239 Å². The van der Waals surface area contributed by atoms with Gasteiger partial charge in [0.15, 0.2) is 0 Å². The summed E-state index contributed by atoms with van der Waals surface area (Å²) in [5, 5.41) is -1.01. The molecule has 0 unspecified atom stereocenters. The van der Waals surface area contributed by atoms with E-state index in [-0.39, 0.29) is 101 Å². The molecular weight excluding hydrogens is 448 g/mol. The minimum atomic E-state index is -0.691. The first-order valence-electron chi connectivity index (χ1n) is 20.2. The van der Waals surface area contributed by atoms with Crippen LogP contribution >= 0.6 is 0 Å². The van der Waals surface area contributed by atoms with E-state index in [2.05, 4.69) is 0 Å². The number of fused-ring (bicyclic) bond motifs is 6. The van der Waals surface area contributed by atoms with E-state index in [0.717, 1.165) is 0 Å². The van der Waals surface area contributed by atoms with Crippen molar-refractivity contribution in [3.05, 3.63) is 133 Å². The molecule has 0 N–H and O–H groups in total. The highest BCUT2D eigenvalue weighted by molar-refractivity contribution is 6.24. The van der Waals surface area contributed by atoms with Crippen molar-refractivity contribution in [3.8, 4) is 22.3 Å². The fraction of sp³-hybridized carbons (Fsp3) is 0. The van der Waals surface area contributed by atoms with Gasteiger partial charge in [0, 0.05) is 10.8 Å². The van der Waals surface area contributed by atoms with Gasteiger partial charge >= 0.3 is 0 Å². The molecule has 1 aromatic heterocycles. The molecule has 0 spiro atoms. The van der Waals surface area contributed by atoms with E-state index in [9.17, 15) is 2.74 Å². The number of para-hydroxylation sites is 1. The van der Waals surface area contributed by atoms with Crippen LogP contribution in [-0.2, 0) is 0 Å². The summed E-state index contributed by atoms with van der Waals surface area (Å²) < 4.78 is 162. The number of furan rings is 1. The van der Waals surface area contributed by atoms with Gasteiger partial charge in [-0.25, -0.2) is 0 Å². The second kappa shape index (κ2) is 7.81. The molecule has 172 valence electrons. The molecule has 7 aromatic carbocycles. The first-order valence-corrected chi connectivity index (χ1v) is 11.2.